The van der Waals surface area contributed by atoms with Gasteiger partial charge in [0.1, 0.15) is 11.6 Å². The van der Waals surface area contributed by atoms with Gasteiger partial charge in [0, 0.05) is 29.7 Å². The number of hydrogen-bond donors (Lipinski definition) is 0. The maximum absolute atomic E-state index is 4.63. The van der Waals surface area contributed by atoms with Gasteiger partial charge >= 0.3 is 0 Å². The predicted octanol–water partition coefficient (Wildman–Crippen LogP) is 3.49. The quantitative estimate of drug-likeness (QED) is 0.779. The second-order valence-corrected chi connectivity index (χ2v) is 5.73. The van der Waals surface area contributed by atoms with Gasteiger partial charge in [-0.25, -0.2) is 9.97 Å². The third-order valence-corrected chi connectivity index (χ3v) is 4.14. The lowest BCUT2D eigenvalue weighted by Gasteiger charge is -2.26. The van der Waals surface area contributed by atoms with Crippen molar-refractivity contribution >= 4 is 21.7 Å². The van der Waals surface area contributed by atoms with Crippen molar-refractivity contribution < 1.29 is 0 Å². The van der Waals surface area contributed by atoms with Crippen LogP contribution in [0.2, 0.25) is 0 Å². The number of aromatic nitrogens is 2. The summed E-state index contributed by atoms with van der Waals surface area (Å²) >= 11 is 3.52. The van der Waals surface area contributed by atoms with E-state index < -0.39 is 0 Å². The van der Waals surface area contributed by atoms with Crippen LogP contribution in [-0.4, -0.2) is 27.9 Å². The molecule has 1 atom stereocenters. The van der Waals surface area contributed by atoms with E-state index in [0.717, 1.165) is 35.6 Å². The summed E-state index contributed by atoms with van der Waals surface area (Å²) in [6.07, 6.45) is 6.08. The lowest BCUT2D eigenvalue weighted by Crippen LogP contribution is -2.30. The molecular weight excluding hydrogens is 290 g/mol. The van der Waals surface area contributed by atoms with Gasteiger partial charge in [-0.1, -0.05) is 22.9 Å². The van der Waals surface area contributed by atoms with Gasteiger partial charge in [0.25, 0.3) is 0 Å². The fourth-order valence-electron chi connectivity index (χ4n) is 2.69. The van der Waals surface area contributed by atoms with Crippen molar-refractivity contribution in [3.8, 4) is 0 Å². The first kappa shape index (κ1) is 13.8. The van der Waals surface area contributed by atoms with E-state index in [9.17, 15) is 0 Å². The average molecular weight is 312 g/mol. The van der Waals surface area contributed by atoms with Crippen LogP contribution in [0.1, 0.15) is 44.1 Å². The van der Waals surface area contributed by atoms with Crippen LogP contribution in [0.25, 0.3) is 0 Å². The van der Waals surface area contributed by atoms with E-state index in [1.54, 1.807) is 0 Å². The molecule has 1 fully saturated rings. The van der Waals surface area contributed by atoms with Crippen molar-refractivity contribution in [2.24, 2.45) is 0 Å². The van der Waals surface area contributed by atoms with Gasteiger partial charge in [-0.05, 0) is 39.0 Å². The fourth-order valence-corrected chi connectivity index (χ4v) is 3.01. The Morgan fingerprint density at radius 3 is 3.00 bits per heavy atom. The van der Waals surface area contributed by atoms with Crippen LogP contribution in [0.5, 0.6) is 0 Å². The molecule has 0 amide bonds. The molecule has 100 valence electrons. The van der Waals surface area contributed by atoms with Gasteiger partial charge in [-0.2, -0.15) is 0 Å². The molecule has 1 aliphatic heterocycles. The Labute approximate surface area is 118 Å². The van der Waals surface area contributed by atoms with Crippen LogP contribution in [0.3, 0.4) is 0 Å². The third kappa shape index (κ3) is 3.22. The number of alkyl halides is 1. The molecule has 2 rings (SSSR count). The molecule has 0 spiro atoms. The monoisotopic (exact) mass is 311 g/mol. The molecule has 1 aromatic heterocycles. The minimum atomic E-state index is 0.668. The molecule has 18 heavy (non-hydrogen) atoms. The van der Waals surface area contributed by atoms with Crippen molar-refractivity contribution in [3.63, 3.8) is 0 Å². The highest BCUT2D eigenvalue weighted by atomic mass is 79.9. The smallest absolute Gasteiger partial charge is 0.132 e. The highest BCUT2D eigenvalue weighted by molar-refractivity contribution is 9.09. The van der Waals surface area contributed by atoms with Gasteiger partial charge in [-0.15, -0.1) is 0 Å². The molecule has 1 unspecified atom stereocenters. The van der Waals surface area contributed by atoms with Crippen LogP contribution in [0, 0.1) is 6.92 Å². The second kappa shape index (κ2) is 6.50. The van der Waals surface area contributed by atoms with Gasteiger partial charge in [0.05, 0.1) is 0 Å². The van der Waals surface area contributed by atoms with E-state index in [1.165, 1.54) is 25.7 Å². The van der Waals surface area contributed by atoms with Crippen molar-refractivity contribution in [2.45, 2.75) is 52.0 Å². The Morgan fingerprint density at radius 2 is 2.28 bits per heavy atom. The maximum Gasteiger partial charge on any atom is 0.132 e. The van der Waals surface area contributed by atoms with Crippen molar-refractivity contribution in [2.75, 3.05) is 16.8 Å². The zero-order valence-electron chi connectivity index (χ0n) is 11.3. The molecule has 0 N–H and O–H groups in total. The first-order valence-corrected chi connectivity index (χ1v) is 8.04. The van der Waals surface area contributed by atoms with E-state index in [2.05, 4.69) is 43.8 Å². The molecule has 2 heterocycles. The normalized spacial score (nSPS) is 19.5. The molecule has 0 bridgehead atoms. The first-order valence-electron chi connectivity index (χ1n) is 6.91. The third-order valence-electron chi connectivity index (χ3n) is 3.58. The van der Waals surface area contributed by atoms with Gasteiger partial charge in [0.15, 0.2) is 0 Å². The van der Waals surface area contributed by atoms with E-state index >= 15 is 0 Å². The van der Waals surface area contributed by atoms with Crippen LogP contribution in [0.4, 0.5) is 5.82 Å². The number of aryl methyl sites for hydroxylation is 2. The van der Waals surface area contributed by atoms with Crippen molar-refractivity contribution in [3.05, 3.63) is 17.6 Å². The number of hydrogen-bond acceptors (Lipinski definition) is 3. The molecule has 0 aliphatic carbocycles. The van der Waals surface area contributed by atoms with E-state index in [4.69, 9.17) is 0 Å². The predicted molar refractivity (Wildman–Crippen MR) is 79.5 cm³/mol. The second-order valence-electron chi connectivity index (χ2n) is 4.94. The molecule has 1 saturated heterocycles. The lowest BCUT2D eigenvalue weighted by atomic mass is 10.1. The fraction of sp³-hybridized carbons (Fsp3) is 0.714. The molecule has 0 saturated carbocycles. The lowest BCUT2D eigenvalue weighted by molar-refractivity contribution is 0.599. The van der Waals surface area contributed by atoms with E-state index in [-0.39, 0.29) is 0 Å². The van der Waals surface area contributed by atoms with Crippen molar-refractivity contribution in [1.29, 1.82) is 0 Å². The molecular formula is C14H22BrN3. The molecule has 1 aromatic rings. The topological polar surface area (TPSA) is 29.0 Å². The van der Waals surface area contributed by atoms with E-state index in [0.29, 0.717) is 6.04 Å². The largest absolute Gasteiger partial charge is 0.354 e. The van der Waals surface area contributed by atoms with Gasteiger partial charge in [0.2, 0.25) is 0 Å². The maximum atomic E-state index is 4.63. The molecule has 1 aliphatic rings. The van der Waals surface area contributed by atoms with Crippen LogP contribution in [-0.2, 0) is 6.42 Å². The summed E-state index contributed by atoms with van der Waals surface area (Å²) in [5.41, 5.74) is 1.16. The van der Waals surface area contributed by atoms with E-state index in [1.807, 2.05) is 6.92 Å². The summed E-state index contributed by atoms with van der Waals surface area (Å²) in [5.74, 6) is 2.03. The van der Waals surface area contributed by atoms with Gasteiger partial charge < -0.3 is 4.90 Å². The Kier molecular flexibility index (Phi) is 4.98. The molecule has 0 radical (unpaired) electrons. The molecule has 0 aromatic carbocycles. The number of nitrogens with zero attached hydrogens (tertiary/aromatic N) is 3. The van der Waals surface area contributed by atoms with Crippen molar-refractivity contribution in [1.82, 2.24) is 9.97 Å². The summed E-state index contributed by atoms with van der Waals surface area (Å²) in [6.45, 7) is 5.29. The number of rotatable bonds is 5. The molecule has 3 nitrogen and oxygen atoms in total. The standard InChI is InChI=1S/C14H22BrN3/c1-3-12-10-14(17-11(2)16-12)18-9-5-7-13(18)6-4-8-15/h10,13H,3-9H2,1-2H3. The summed E-state index contributed by atoms with van der Waals surface area (Å²) in [7, 11) is 0. The van der Waals surface area contributed by atoms with Crippen LogP contribution >= 0.6 is 15.9 Å². The number of anilines is 1. The minimum Gasteiger partial charge on any atom is -0.354 e. The Hall–Kier alpha value is -0.640. The van der Waals surface area contributed by atoms with Crippen LogP contribution in [0.15, 0.2) is 6.07 Å². The minimum absolute atomic E-state index is 0.668. The Morgan fingerprint density at radius 1 is 1.44 bits per heavy atom. The average Bonchev–Trinajstić information content (AvgIpc) is 2.83. The van der Waals surface area contributed by atoms with Gasteiger partial charge in [-0.3, -0.25) is 0 Å². The first-order chi connectivity index (χ1) is 8.74. The Balaban J connectivity index is 2.16. The van der Waals surface area contributed by atoms with Crippen LogP contribution < -0.4 is 4.90 Å². The highest BCUT2D eigenvalue weighted by Crippen LogP contribution is 2.27. The molecule has 4 heteroatoms. The summed E-state index contributed by atoms with van der Waals surface area (Å²) in [5, 5.41) is 1.10. The highest BCUT2D eigenvalue weighted by Gasteiger charge is 2.25. The zero-order valence-corrected chi connectivity index (χ0v) is 12.9. The summed E-state index contributed by atoms with van der Waals surface area (Å²) in [6, 6.07) is 2.83. The SMILES string of the molecule is CCc1cc(N2CCCC2CCCBr)nc(C)n1. The summed E-state index contributed by atoms with van der Waals surface area (Å²) < 4.78 is 0. The summed E-state index contributed by atoms with van der Waals surface area (Å²) in [4.78, 5) is 11.6. The number of halogens is 1. The zero-order chi connectivity index (χ0) is 13.0. The Bertz CT molecular complexity index is 395.